The van der Waals surface area contributed by atoms with Gasteiger partial charge in [-0.3, -0.25) is 0 Å². The molecule has 0 radical (unpaired) electrons. The summed E-state index contributed by atoms with van der Waals surface area (Å²) in [5.41, 5.74) is 4.34. The third-order valence-electron chi connectivity index (χ3n) is 4.50. The molecule has 0 unspecified atom stereocenters. The molecule has 0 spiro atoms. The molecule has 3 nitrogen and oxygen atoms in total. The summed E-state index contributed by atoms with van der Waals surface area (Å²) >= 11 is 6.20. The first-order chi connectivity index (χ1) is 12.4. The highest BCUT2D eigenvalue weighted by Crippen LogP contribution is 2.32. The lowest BCUT2D eigenvalue weighted by Crippen LogP contribution is -2.10. The Morgan fingerprint density at radius 2 is 1.50 bits per heavy atom. The molecular formula is C22H29ClO3. The molecular weight excluding hydrogens is 348 g/mol. The molecule has 0 aliphatic rings. The Labute approximate surface area is 162 Å². The van der Waals surface area contributed by atoms with Crippen LogP contribution in [0, 0.1) is 0 Å². The Hall–Kier alpha value is -1.55. The summed E-state index contributed by atoms with van der Waals surface area (Å²) in [6.45, 7) is 9.12. The fraction of sp³-hybridized carbons (Fsp3) is 0.455. The van der Waals surface area contributed by atoms with Gasteiger partial charge in [-0.2, -0.15) is 0 Å². The van der Waals surface area contributed by atoms with E-state index >= 15 is 0 Å². The van der Waals surface area contributed by atoms with Crippen LogP contribution in [0.15, 0.2) is 36.4 Å². The lowest BCUT2D eigenvalue weighted by atomic mass is 9.96. The van der Waals surface area contributed by atoms with Gasteiger partial charge in [-0.05, 0) is 46.7 Å². The molecule has 0 heterocycles. The molecule has 0 fully saturated rings. The Bertz CT molecular complexity index is 721. The second-order valence-corrected chi connectivity index (χ2v) is 7.48. The van der Waals surface area contributed by atoms with Crippen molar-refractivity contribution in [2.24, 2.45) is 0 Å². The predicted molar refractivity (Wildman–Crippen MR) is 107 cm³/mol. The topological polar surface area (TPSA) is 27.7 Å². The van der Waals surface area contributed by atoms with Crippen molar-refractivity contribution in [2.75, 3.05) is 14.2 Å². The molecule has 26 heavy (non-hydrogen) atoms. The largest absolute Gasteiger partial charge is 0.489 e. The third-order valence-corrected chi connectivity index (χ3v) is 4.73. The maximum atomic E-state index is 6.24. The first-order valence-electron chi connectivity index (χ1n) is 8.97. The van der Waals surface area contributed by atoms with Crippen molar-refractivity contribution in [1.29, 1.82) is 0 Å². The number of ether oxygens (including phenoxy) is 3. The van der Waals surface area contributed by atoms with E-state index in [4.69, 9.17) is 25.8 Å². The van der Waals surface area contributed by atoms with Crippen molar-refractivity contribution < 1.29 is 14.2 Å². The van der Waals surface area contributed by atoms with Gasteiger partial charge in [0.25, 0.3) is 0 Å². The van der Waals surface area contributed by atoms with Crippen molar-refractivity contribution >= 4 is 11.6 Å². The van der Waals surface area contributed by atoms with Gasteiger partial charge in [0, 0.05) is 24.8 Å². The van der Waals surface area contributed by atoms with Crippen molar-refractivity contribution in [2.45, 2.75) is 52.4 Å². The Morgan fingerprint density at radius 3 is 2.08 bits per heavy atom. The lowest BCUT2D eigenvalue weighted by Gasteiger charge is -2.20. The molecule has 0 aliphatic heterocycles. The third kappa shape index (κ3) is 5.00. The van der Waals surface area contributed by atoms with Gasteiger partial charge in [0.2, 0.25) is 0 Å². The van der Waals surface area contributed by atoms with Crippen molar-refractivity contribution in [1.82, 2.24) is 0 Å². The molecule has 2 rings (SSSR count). The average molecular weight is 377 g/mol. The molecule has 0 bridgehead atoms. The fourth-order valence-electron chi connectivity index (χ4n) is 2.95. The van der Waals surface area contributed by atoms with Gasteiger partial charge in [-0.25, -0.2) is 0 Å². The SMILES string of the molecule is COC(OC)c1ccc(Cl)cc1COc1cc(C(C)C)ccc1C(C)C. The first kappa shape index (κ1) is 20.8. The molecule has 0 aliphatic carbocycles. The average Bonchev–Trinajstić information content (AvgIpc) is 2.61. The van der Waals surface area contributed by atoms with Gasteiger partial charge in [-0.1, -0.05) is 57.5 Å². The molecule has 0 saturated heterocycles. The molecule has 142 valence electrons. The van der Waals surface area contributed by atoms with Gasteiger partial charge < -0.3 is 14.2 Å². The zero-order chi connectivity index (χ0) is 19.3. The lowest BCUT2D eigenvalue weighted by molar-refractivity contribution is -0.106. The van der Waals surface area contributed by atoms with Gasteiger partial charge in [0.1, 0.15) is 12.4 Å². The Balaban J connectivity index is 2.33. The van der Waals surface area contributed by atoms with Crippen LogP contribution in [0.25, 0.3) is 0 Å². The molecule has 4 heteroatoms. The van der Waals surface area contributed by atoms with Crippen LogP contribution in [-0.2, 0) is 16.1 Å². The van der Waals surface area contributed by atoms with E-state index in [1.54, 1.807) is 14.2 Å². The van der Waals surface area contributed by atoms with Crippen LogP contribution in [0.2, 0.25) is 5.02 Å². The van der Waals surface area contributed by atoms with E-state index in [2.05, 4.69) is 45.9 Å². The van der Waals surface area contributed by atoms with Crippen LogP contribution in [0.4, 0.5) is 0 Å². The van der Waals surface area contributed by atoms with Crippen LogP contribution in [0.3, 0.4) is 0 Å². The second-order valence-electron chi connectivity index (χ2n) is 7.04. The van der Waals surface area contributed by atoms with Crippen molar-refractivity contribution in [3.05, 3.63) is 63.7 Å². The highest BCUT2D eigenvalue weighted by molar-refractivity contribution is 6.30. The van der Waals surface area contributed by atoms with Gasteiger partial charge in [-0.15, -0.1) is 0 Å². The van der Waals surface area contributed by atoms with E-state index in [0.29, 0.717) is 23.5 Å². The zero-order valence-corrected chi connectivity index (χ0v) is 17.3. The minimum absolute atomic E-state index is 0.385. The molecule has 0 atom stereocenters. The monoisotopic (exact) mass is 376 g/mol. The van der Waals surface area contributed by atoms with Crippen LogP contribution in [-0.4, -0.2) is 14.2 Å². The molecule has 2 aromatic carbocycles. The molecule has 0 amide bonds. The summed E-state index contributed by atoms with van der Waals surface area (Å²) < 4.78 is 17.1. The quantitative estimate of drug-likeness (QED) is 0.495. The summed E-state index contributed by atoms with van der Waals surface area (Å²) in [5.74, 6) is 1.76. The van der Waals surface area contributed by atoms with Crippen molar-refractivity contribution in [3.63, 3.8) is 0 Å². The van der Waals surface area contributed by atoms with Crippen LogP contribution >= 0.6 is 11.6 Å². The van der Waals surface area contributed by atoms with Gasteiger partial charge in [0.15, 0.2) is 6.29 Å². The van der Waals surface area contributed by atoms with E-state index in [0.717, 1.165) is 16.9 Å². The molecule has 2 aromatic rings. The Morgan fingerprint density at radius 1 is 0.846 bits per heavy atom. The standard InChI is InChI=1S/C22H29ClO3/c1-14(2)16-7-9-19(15(3)4)21(12-16)26-13-17-11-18(23)8-10-20(17)22(24-5)25-6/h7-12,14-15,22H,13H2,1-6H3. The maximum Gasteiger partial charge on any atom is 0.183 e. The smallest absolute Gasteiger partial charge is 0.183 e. The van der Waals surface area contributed by atoms with E-state index < -0.39 is 6.29 Å². The van der Waals surface area contributed by atoms with Crippen LogP contribution in [0.1, 0.15) is 68.1 Å². The Kier molecular flexibility index (Phi) is 7.51. The van der Waals surface area contributed by atoms with Crippen molar-refractivity contribution in [3.8, 4) is 5.75 Å². The number of hydrogen-bond donors (Lipinski definition) is 0. The van der Waals surface area contributed by atoms with E-state index in [9.17, 15) is 0 Å². The fourth-order valence-corrected chi connectivity index (χ4v) is 3.14. The minimum atomic E-state index is -0.447. The summed E-state index contributed by atoms with van der Waals surface area (Å²) in [5, 5.41) is 0.665. The van der Waals surface area contributed by atoms with Gasteiger partial charge in [0.05, 0.1) is 0 Å². The molecule has 0 N–H and O–H groups in total. The number of methoxy groups -OCH3 is 2. The first-order valence-corrected chi connectivity index (χ1v) is 9.35. The predicted octanol–water partition coefficient (Wildman–Crippen LogP) is 6.46. The summed E-state index contributed by atoms with van der Waals surface area (Å²) in [4.78, 5) is 0. The summed E-state index contributed by atoms with van der Waals surface area (Å²) in [6, 6.07) is 12.2. The van der Waals surface area contributed by atoms with E-state index in [1.165, 1.54) is 11.1 Å². The van der Waals surface area contributed by atoms with Gasteiger partial charge >= 0.3 is 0 Å². The number of rotatable bonds is 8. The summed E-state index contributed by atoms with van der Waals surface area (Å²) in [6.07, 6.45) is -0.447. The molecule has 0 saturated carbocycles. The number of hydrogen-bond acceptors (Lipinski definition) is 3. The van der Waals surface area contributed by atoms with Crippen LogP contribution < -0.4 is 4.74 Å². The number of halogens is 1. The highest BCUT2D eigenvalue weighted by atomic mass is 35.5. The van der Waals surface area contributed by atoms with E-state index in [1.807, 2.05) is 18.2 Å². The molecule has 0 aromatic heterocycles. The zero-order valence-electron chi connectivity index (χ0n) is 16.5. The minimum Gasteiger partial charge on any atom is -0.489 e. The normalized spacial score (nSPS) is 11.6. The number of benzene rings is 2. The summed E-state index contributed by atoms with van der Waals surface area (Å²) in [7, 11) is 3.24. The maximum absolute atomic E-state index is 6.24. The van der Waals surface area contributed by atoms with E-state index in [-0.39, 0.29) is 0 Å². The highest BCUT2D eigenvalue weighted by Gasteiger charge is 2.16. The van der Waals surface area contributed by atoms with Crippen LogP contribution in [0.5, 0.6) is 5.75 Å². The second kappa shape index (κ2) is 9.40.